The number of aromatic nitrogens is 4. The van der Waals surface area contributed by atoms with Crippen LogP contribution in [0.3, 0.4) is 0 Å². The molecular weight excluding hydrogens is 230 g/mol. The van der Waals surface area contributed by atoms with Gasteiger partial charge in [-0.3, -0.25) is 0 Å². The minimum atomic E-state index is -0.430. The van der Waals surface area contributed by atoms with Gasteiger partial charge in [0.15, 0.2) is 5.82 Å². The van der Waals surface area contributed by atoms with Gasteiger partial charge in [-0.05, 0) is 10.3 Å². The average molecular weight is 237 g/mol. The van der Waals surface area contributed by atoms with E-state index in [4.69, 9.17) is 5.53 Å². The van der Waals surface area contributed by atoms with E-state index in [-0.39, 0.29) is 23.1 Å². The summed E-state index contributed by atoms with van der Waals surface area (Å²) in [5.74, 6) is -0.591. The highest BCUT2D eigenvalue weighted by Crippen LogP contribution is 2.19. The number of guanidine groups is 1. The maximum atomic E-state index is 9.52. The quantitative estimate of drug-likeness (QED) is 0.239. The number of rotatable bonds is 2. The van der Waals surface area contributed by atoms with Crippen LogP contribution < -0.4 is 10.7 Å². The fourth-order valence-electron chi connectivity index (χ4n) is 1.01. The monoisotopic (exact) mass is 237 g/mol. The number of anilines is 1. The fourth-order valence-corrected chi connectivity index (χ4v) is 1.01. The average Bonchev–Trinajstić information content (AvgIpc) is 2.75. The lowest BCUT2D eigenvalue weighted by molar-refractivity contribution is 0.314. The Kier molecular flexibility index (Phi) is 2.72. The first kappa shape index (κ1) is 10.7. The first-order chi connectivity index (χ1) is 8.24. The maximum absolute atomic E-state index is 9.52. The molecular formula is C6H7N9O2. The van der Waals surface area contributed by atoms with Gasteiger partial charge < -0.3 is 15.8 Å². The molecule has 2 aromatic heterocycles. The molecule has 0 atom stereocenters. The smallest absolute Gasteiger partial charge is 0.264 e. The molecule has 0 radical (unpaired) electrons. The van der Waals surface area contributed by atoms with E-state index in [2.05, 4.69) is 45.9 Å². The Labute approximate surface area is 93.4 Å². The van der Waals surface area contributed by atoms with Gasteiger partial charge in [0.2, 0.25) is 11.3 Å². The topological polar surface area (TPSA) is 158 Å². The molecule has 2 rings (SSSR count). The number of fused-ring (bicyclic) bond motifs is 1. The van der Waals surface area contributed by atoms with Crippen LogP contribution in [-0.2, 0) is 0 Å². The molecule has 0 spiro atoms. The Bertz CT molecular complexity index is 576. The minimum Gasteiger partial charge on any atom is -0.491 e. The van der Waals surface area contributed by atoms with E-state index in [0.717, 1.165) is 0 Å². The Morgan fingerprint density at radius 1 is 1.35 bits per heavy atom. The number of hydrazone groups is 1. The summed E-state index contributed by atoms with van der Waals surface area (Å²) in [6.45, 7) is 0. The van der Waals surface area contributed by atoms with Gasteiger partial charge in [0.05, 0.1) is 0 Å². The minimum absolute atomic E-state index is 0.0572. The molecule has 2 heterocycles. The van der Waals surface area contributed by atoms with E-state index < -0.39 is 5.88 Å². The summed E-state index contributed by atoms with van der Waals surface area (Å²) in [6.07, 6.45) is 0. The maximum Gasteiger partial charge on any atom is 0.264 e. The number of nitrogens with zero attached hydrogens (tertiary/aromatic N) is 6. The van der Waals surface area contributed by atoms with E-state index in [1.165, 1.54) is 7.05 Å². The second-order valence-corrected chi connectivity index (χ2v) is 2.70. The van der Waals surface area contributed by atoms with Crippen molar-refractivity contribution >= 4 is 23.1 Å². The third-order valence-electron chi connectivity index (χ3n) is 1.65. The van der Waals surface area contributed by atoms with Gasteiger partial charge in [-0.1, -0.05) is 0 Å². The molecule has 88 valence electrons. The van der Waals surface area contributed by atoms with Crippen molar-refractivity contribution in [2.75, 3.05) is 12.4 Å². The lowest BCUT2D eigenvalue weighted by atomic mass is 10.6. The van der Waals surface area contributed by atoms with Crippen LogP contribution in [0.25, 0.3) is 11.3 Å². The zero-order chi connectivity index (χ0) is 12.3. The summed E-state index contributed by atoms with van der Waals surface area (Å²) in [6, 6.07) is 0. The lowest BCUT2D eigenvalue weighted by Gasteiger charge is -2.03. The third-order valence-corrected chi connectivity index (χ3v) is 1.65. The van der Waals surface area contributed by atoms with Gasteiger partial charge in [-0.15, -0.1) is 10.2 Å². The second-order valence-electron chi connectivity index (χ2n) is 2.70. The van der Waals surface area contributed by atoms with E-state index in [1.54, 1.807) is 0 Å². The number of nitrogens with one attached hydrogen (secondary N) is 3. The molecule has 0 saturated carbocycles. The van der Waals surface area contributed by atoms with Gasteiger partial charge in [-0.2, -0.15) is 9.97 Å². The van der Waals surface area contributed by atoms with Crippen molar-refractivity contribution in [3.63, 3.8) is 0 Å². The van der Waals surface area contributed by atoms with Crippen LogP contribution in [0.4, 0.5) is 5.82 Å². The van der Waals surface area contributed by atoms with Gasteiger partial charge >= 0.3 is 0 Å². The molecule has 0 fully saturated rings. The van der Waals surface area contributed by atoms with E-state index in [0.29, 0.717) is 0 Å². The third kappa shape index (κ3) is 2.06. The normalized spacial score (nSPS) is 11.5. The second kappa shape index (κ2) is 4.34. The predicted molar refractivity (Wildman–Crippen MR) is 54.3 cm³/mol. The van der Waals surface area contributed by atoms with Crippen LogP contribution in [0.2, 0.25) is 0 Å². The molecule has 0 aromatic carbocycles. The molecule has 2 aromatic rings. The van der Waals surface area contributed by atoms with E-state index in [9.17, 15) is 5.11 Å². The van der Waals surface area contributed by atoms with Crippen LogP contribution in [-0.4, -0.2) is 38.4 Å². The molecule has 0 unspecified atom stereocenters. The SMILES string of the molecule is CN/N=C(\N=N)Nc1nc2nonc2nc1O. The van der Waals surface area contributed by atoms with Crippen molar-refractivity contribution in [2.45, 2.75) is 0 Å². The Hall–Kier alpha value is -2.85. The molecule has 17 heavy (non-hydrogen) atoms. The van der Waals surface area contributed by atoms with Crippen LogP contribution >= 0.6 is 0 Å². The van der Waals surface area contributed by atoms with Crippen LogP contribution in [0, 0.1) is 5.53 Å². The van der Waals surface area contributed by atoms with Gasteiger partial charge in [0, 0.05) is 7.05 Å². The predicted octanol–water partition coefficient (Wildman–Crippen LogP) is -0.348. The molecule has 4 N–H and O–H groups in total. The molecule has 0 bridgehead atoms. The van der Waals surface area contributed by atoms with E-state index in [1.807, 2.05) is 0 Å². The zero-order valence-corrected chi connectivity index (χ0v) is 8.54. The summed E-state index contributed by atoms with van der Waals surface area (Å²) < 4.78 is 4.39. The number of hydrogen-bond acceptors (Lipinski definition) is 9. The molecule has 0 aliphatic carbocycles. The van der Waals surface area contributed by atoms with Gasteiger partial charge in [-0.25, -0.2) is 10.2 Å². The largest absolute Gasteiger partial charge is 0.491 e. The molecule has 0 aliphatic heterocycles. The van der Waals surface area contributed by atoms with Crippen molar-refractivity contribution in [2.24, 2.45) is 10.2 Å². The number of hydrogen-bond donors (Lipinski definition) is 4. The van der Waals surface area contributed by atoms with Gasteiger partial charge in [0.1, 0.15) is 0 Å². The van der Waals surface area contributed by atoms with Crippen LogP contribution in [0.15, 0.2) is 14.8 Å². The van der Waals surface area contributed by atoms with E-state index >= 15 is 0 Å². The fraction of sp³-hybridized carbons (Fsp3) is 0.167. The lowest BCUT2D eigenvalue weighted by Crippen LogP contribution is -2.14. The van der Waals surface area contributed by atoms with Crippen molar-refractivity contribution < 1.29 is 9.74 Å². The highest BCUT2D eigenvalue weighted by atomic mass is 16.6. The first-order valence-electron chi connectivity index (χ1n) is 4.32. The molecule has 0 saturated heterocycles. The van der Waals surface area contributed by atoms with Crippen LogP contribution in [0.5, 0.6) is 5.88 Å². The van der Waals surface area contributed by atoms with Crippen molar-refractivity contribution in [1.29, 1.82) is 5.53 Å². The summed E-state index contributed by atoms with van der Waals surface area (Å²) in [7, 11) is 1.53. The van der Waals surface area contributed by atoms with Gasteiger partial charge in [0.25, 0.3) is 11.8 Å². The van der Waals surface area contributed by atoms with Crippen LogP contribution in [0.1, 0.15) is 0 Å². The highest BCUT2D eigenvalue weighted by molar-refractivity contribution is 5.94. The summed E-state index contributed by atoms with van der Waals surface area (Å²) >= 11 is 0. The first-order valence-corrected chi connectivity index (χ1v) is 4.32. The molecule has 0 aliphatic rings. The summed E-state index contributed by atoms with van der Waals surface area (Å²) in [4.78, 5) is 7.53. The summed E-state index contributed by atoms with van der Waals surface area (Å²) in [5, 5.41) is 25.5. The highest BCUT2D eigenvalue weighted by Gasteiger charge is 2.12. The Balaban J connectivity index is 2.37. The molecule has 11 nitrogen and oxygen atoms in total. The Morgan fingerprint density at radius 2 is 2.06 bits per heavy atom. The van der Waals surface area contributed by atoms with Crippen molar-refractivity contribution in [1.82, 2.24) is 25.7 Å². The number of aromatic hydroxyl groups is 1. The summed E-state index contributed by atoms with van der Waals surface area (Å²) in [5.41, 5.74) is 9.44. The standard InChI is InChI=1S/C6H7N9O2/c1-8-13-6(12-7)11-4-5(16)10-3-2(9-4)14-17-15-3/h7-8H,1H3,(H,10,15,16)(H,9,11,13,14). The Morgan fingerprint density at radius 3 is 2.71 bits per heavy atom. The zero-order valence-electron chi connectivity index (χ0n) is 8.54. The van der Waals surface area contributed by atoms with Crippen molar-refractivity contribution in [3.8, 4) is 5.88 Å². The van der Waals surface area contributed by atoms with Crippen molar-refractivity contribution in [3.05, 3.63) is 0 Å². The molecule has 0 amide bonds. The molecule has 11 heteroatoms.